The average Bonchev–Trinajstić information content (AvgIpc) is 3.16. The van der Waals surface area contributed by atoms with Crippen molar-refractivity contribution >= 4 is 55.0 Å². The van der Waals surface area contributed by atoms with E-state index in [9.17, 15) is 13.2 Å². The summed E-state index contributed by atoms with van der Waals surface area (Å²) in [6.07, 6.45) is 0.948. The third-order valence-electron chi connectivity index (χ3n) is 5.06. The normalized spacial score (nSPS) is 16.5. The van der Waals surface area contributed by atoms with E-state index in [1.165, 1.54) is 5.56 Å². The molecule has 0 aromatic heterocycles. The van der Waals surface area contributed by atoms with E-state index in [4.69, 9.17) is 0 Å². The van der Waals surface area contributed by atoms with E-state index in [2.05, 4.69) is 27.6 Å². The molecule has 0 saturated carbocycles. The van der Waals surface area contributed by atoms with Gasteiger partial charge in [0.2, 0.25) is 5.91 Å². The molecule has 8 heteroatoms. The van der Waals surface area contributed by atoms with Crippen molar-refractivity contribution in [1.29, 1.82) is 0 Å². The van der Waals surface area contributed by atoms with Gasteiger partial charge in [-0.2, -0.15) is 0 Å². The molecule has 0 aliphatic carbocycles. The molecule has 5 nitrogen and oxygen atoms in total. The summed E-state index contributed by atoms with van der Waals surface area (Å²) in [6, 6.07) is 21.7. The van der Waals surface area contributed by atoms with Gasteiger partial charge in [-0.25, -0.2) is 8.42 Å². The number of carbonyl (C=O) groups is 1. The van der Waals surface area contributed by atoms with Gasteiger partial charge in [0.25, 0.3) is 10.0 Å². The fraction of sp³-hybridized carbons (Fsp3) is 0.174. The maximum atomic E-state index is 12.6. The topological polar surface area (TPSA) is 66.5 Å². The number of thioether (sulfide) groups is 1. The third-order valence-corrected chi connectivity index (χ3v) is 8.20. The maximum Gasteiger partial charge on any atom is 0.261 e. The van der Waals surface area contributed by atoms with Crippen LogP contribution in [0.3, 0.4) is 0 Å². The van der Waals surface area contributed by atoms with Crippen LogP contribution in [0.15, 0.2) is 82.2 Å². The first kappa shape index (κ1) is 21.9. The first-order chi connectivity index (χ1) is 14.9. The number of carbonyl (C=O) groups excluding carboxylic acids is 1. The van der Waals surface area contributed by atoms with E-state index >= 15 is 0 Å². The second-order valence-corrected chi connectivity index (χ2v) is 10.8. The Labute approximate surface area is 195 Å². The predicted molar refractivity (Wildman–Crippen MR) is 130 cm³/mol. The second kappa shape index (κ2) is 9.06. The highest BCUT2D eigenvalue weighted by atomic mass is 79.9. The first-order valence-corrected chi connectivity index (χ1v) is 13.1. The standard InChI is InChI=1S/C23H21BrN2O3S2/c1-2-16-3-11-20(12-4-16)26-22(27)15-30-23(26)17-5-9-19(10-6-17)25-31(28,29)21-13-7-18(24)8-14-21/h3-14,23,25H,2,15H2,1H3/t23-/m0/s1. The largest absolute Gasteiger partial charge is 0.295 e. The van der Waals surface area contributed by atoms with Crippen molar-refractivity contribution < 1.29 is 13.2 Å². The molecule has 160 valence electrons. The Morgan fingerprint density at radius 2 is 1.65 bits per heavy atom. The van der Waals surface area contributed by atoms with E-state index in [-0.39, 0.29) is 16.2 Å². The first-order valence-electron chi connectivity index (χ1n) is 9.78. The Hall–Kier alpha value is -2.29. The summed E-state index contributed by atoms with van der Waals surface area (Å²) in [7, 11) is -3.67. The van der Waals surface area contributed by atoms with Crippen LogP contribution < -0.4 is 9.62 Å². The van der Waals surface area contributed by atoms with Crippen molar-refractivity contribution in [2.24, 2.45) is 0 Å². The van der Waals surface area contributed by atoms with Crippen molar-refractivity contribution in [1.82, 2.24) is 0 Å². The van der Waals surface area contributed by atoms with Gasteiger partial charge < -0.3 is 0 Å². The van der Waals surface area contributed by atoms with Crippen LogP contribution in [0.5, 0.6) is 0 Å². The Morgan fingerprint density at radius 3 is 2.26 bits per heavy atom. The van der Waals surface area contributed by atoms with Gasteiger partial charge in [-0.05, 0) is 66.1 Å². The molecule has 4 rings (SSSR count). The number of amides is 1. The number of sulfonamides is 1. The molecule has 1 N–H and O–H groups in total. The fourth-order valence-corrected chi connectivity index (χ4v) is 5.89. The third kappa shape index (κ3) is 4.81. The number of nitrogens with one attached hydrogen (secondary N) is 1. The Balaban J connectivity index is 1.54. The van der Waals surface area contributed by atoms with Gasteiger partial charge in [0.1, 0.15) is 5.37 Å². The Kier molecular flexibility index (Phi) is 6.41. The molecular weight excluding hydrogens is 496 g/mol. The number of hydrogen-bond donors (Lipinski definition) is 1. The van der Waals surface area contributed by atoms with Gasteiger partial charge in [0, 0.05) is 15.8 Å². The molecule has 1 atom stereocenters. The van der Waals surface area contributed by atoms with Crippen molar-refractivity contribution in [2.75, 3.05) is 15.4 Å². The van der Waals surface area contributed by atoms with Crippen LogP contribution in [-0.2, 0) is 21.2 Å². The molecule has 31 heavy (non-hydrogen) atoms. The zero-order valence-corrected chi connectivity index (χ0v) is 20.0. The molecule has 0 spiro atoms. The SMILES string of the molecule is CCc1ccc(N2C(=O)CS[C@H]2c2ccc(NS(=O)(=O)c3ccc(Br)cc3)cc2)cc1. The van der Waals surface area contributed by atoms with Gasteiger partial charge in [0.15, 0.2) is 0 Å². The van der Waals surface area contributed by atoms with E-state index < -0.39 is 10.0 Å². The molecular formula is C23H21BrN2O3S2. The van der Waals surface area contributed by atoms with Gasteiger partial charge in [-0.3, -0.25) is 14.4 Å². The molecule has 0 bridgehead atoms. The summed E-state index contributed by atoms with van der Waals surface area (Å²) in [5.74, 6) is 0.484. The summed E-state index contributed by atoms with van der Waals surface area (Å²) in [6.45, 7) is 2.10. The van der Waals surface area contributed by atoms with Gasteiger partial charge in [-0.1, -0.05) is 47.1 Å². The predicted octanol–water partition coefficient (Wildman–Crippen LogP) is 5.59. The molecule has 3 aromatic rings. The summed E-state index contributed by atoms with van der Waals surface area (Å²) in [5, 5.41) is -0.142. The lowest BCUT2D eigenvalue weighted by molar-refractivity contribution is -0.115. The number of nitrogens with zero attached hydrogens (tertiary/aromatic N) is 1. The van der Waals surface area contributed by atoms with Crippen LogP contribution in [0.1, 0.15) is 23.4 Å². The van der Waals surface area contributed by atoms with Gasteiger partial charge >= 0.3 is 0 Å². The molecule has 1 aliphatic heterocycles. The molecule has 1 aliphatic rings. The van der Waals surface area contributed by atoms with Crippen molar-refractivity contribution in [3.05, 3.63) is 88.4 Å². The van der Waals surface area contributed by atoms with Crippen LogP contribution in [0, 0.1) is 0 Å². The van der Waals surface area contributed by atoms with E-state index in [1.54, 1.807) is 48.2 Å². The minimum atomic E-state index is -3.67. The van der Waals surface area contributed by atoms with E-state index in [1.807, 2.05) is 41.3 Å². The van der Waals surface area contributed by atoms with E-state index in [0.717, 1.165) is 22.1 Å². The maximum absolute atomic E-state index is 12.6. The lowest BCUT2D eigenvalue weighted by Crippen LogP contribution is -2.27. The lowest BCUT2D eigenvalue weighted by atomic mass is 10.1. The van der Waals surface area contributed by atoms with Crippen molar-refractivity contribution in [3.63, 3.8) is 0 Å². The average molecular weight is 517 g/mol. The Bertz CT molecular complexity index is 1180. The summed E-state index contributed by atoms with van der Waals surface area (Å²) >= 11 is 4.87. The van der Waals surface area contributed by atoms with Crippen LogP contribution in [-0.4, -0.2) is 20.1 Å². The number of aryl methyl sites for hydroxylation is 1. The fourth-order valence-electron chi connectivity index (χ4n) is 3.39. The molecule has 1 fully saturated rings. The van der Waals surface area contributed by atoms with E-state index in [0.29, 0.717) is 11.4 Å². The molecule has 1 amide bonds. The van der Waals surface area contributed by atoms with Crippen molar-refractivity contribution in [3.8, 4) is 0 Å². The van der Waals surface area contributed by atoms with Gasteiger partial charge in [0.05, 0.1) is 10.6 Å². The number of rotatable bonds is 6. The quantitative estimate of drug-likeness (QED) is 0.463. The molecule has 3 aromatic carbocycles. The molecule has 0 radical (unpaired) electrons. The highest BCUT2D eigenvalue weighted by molar-refractivity contribution is 9.10. The molecule has 1 saturated heterocycles. The highest BCUT2D eigenvalue weighted by Crippen LogP contribution is 2.42. The summed E-state index contributed by atoms with van der Waals surface area (Å²) in [4.78, 5) is 14.6. The van der Waals surface area contributed by atoms with Crippen LogP contribution in [0.2, 0.25) is 0 Å². The van der Waals surface area contributed by atoms with Crippen LogP contribution in [0.4, 0.5) is 11.4 Å². The monoisotopic (exact) mass is 516 g/mol. The smallest absolute Gasteiger partial charge is 0.261 e. The van der Waals surface area contributed by atoms with Gasteiger partial charge in [-0.15, -0.1) is 11.8 Å². The van der Waals surface area contributed by atoms with Crippen LogP contribution in [0.25, 0.3) is 0 Å². The number of anilines is 2. The number of hydrogen-bond acceptors (Lipinski definition) is 4. The zero-order chi connectivity index (χ0) is 22.0. The lowest BCUT2D eigenvalue weighted by Gasteiger charge is -2.24. The minimum absolute atomic E-state index is 0.0688. The zero-order valence-electron chi connectivity index (χ0n) is 16.8. The molecule has 1 heterocycles. The van der Waals surface area contributed by atoms with Crippen molar-refractivity contribution in [2.45, 2.75) is 23.6 Å². The second-order valence-electron chi connectivity index (χ2n) is 7.13. The minimum Gasteiger partial charge on any atom is -0.295 e. The summed E-state index contributed by atoms with van der Waals surface area (Å²) in [5.41, 5.74) is 3.51. The highest BCUT2D eigenvalue weighted by Gasteiger charge is 2.34. The Morgan fingerprint density at radius 1 is 1.00 bits per heavy atom. The van der Waals surface area contributed by atoms with Crippen LogP contribution >= 0.6 is 27.7 Å². The molecule has 0 unspecified atom stereocenters. The number of halogens is 1. The summed E-state index contributed by atoms with van der Waals surface area (Å²) < 4.78 is 28.6. The number of benzene rings is 3.